The molecular formula is C13H13NO3S. The summed E-state index contributed by atoms with van der Waals surface area (Å²) in [6.45, 7) is 1.41. The van der Waals surface area contributed by atoms with Crippen molar-refractivity contribution in [3.63, 3.8) is 0 Å². The van der Waals surface area contributed by atoms with Crippen LogP contribution in [-0.2, 0) is 13.2 Å². The van der Waals surface area contributed by atoms with Crippen molar-refractivity contribution in [1.29, 1.82) is 0 Å². The van der Waals surface area contributed by atoms with E-state index >= 15 is 0 Å². The predicted octanol–water partition coefficient (Wildman–Crippen LogP) is 2.51. The van der Waals surface area contributed by atoms with Crippen LogP contribution in [0.4, 0.5) is 0 Å². The molecule has 94 valence electrons. The van der Waals surface area contributed by atoms with Crippen LogP contribution in [0.25, 0.3) is 0 Å². The van der Waals surface area contributed by atoms with Crippen molar-refractivity contribution in [2.45, 2.75) is 13.2 Å². The highest BCUT2D eigenvalue weighted by atomic mass is 32.1. The lowest BCUT2D eigenvalue weighted by Crippen LogP contribution is -1.93. The Balaban J connectivity index is 1.66. The molecule has 0 saturated heterocycles. The first-order chi connectivity index (χ1) is 8.85. The van der Waals surface area contributed by atoms with E-state index in [1.54, 1.807) is 11.3 Å². The SMILES string of the molecule is NCc1ccc(COc2ccc3c(c2)OCO3)s1. The van der Waals surface area contributed by atoms with Crippen LogP contribution in [0.1, 0.15) is 9.75 Å². The first-order valence-corrected chi connectivity index (χ1v) is 6.47. The van der Waals surface area contributed by atoms with Gasteiger partial charge in [0, 0.05) is 22.4 Å². The van der Waals surface area contributed by atoms with Crippen LogP contribution in [0.5, 0.6) is 17.2 Å². The van der Waals surface area contributed by atoms with Crippen LogP contribution in [0.15, 0.2) is 30.3 Å². The maximum atomic E-state index is 5.71. The molecule has 3 rings (SSSR count). The fraction of sp³-hybridized carbons (Fsp3) is 0.231. The number of benzene rings is 1. The highest BCUT2D eigenvalue weighted by Gasteiger charge is 2.13. The molecule has 0 amide bonds. The Hall–Kier alpha value is -1.72. The topological polar surface area (TPSA) is 53.7 Å². The van der Waals surface area contributed by atoms with Crippen molar-refractivity contribution in [1.82, 2.24) is 0 Å². The molecular weight excluding hydrogens is 250 g/mol. The summed E-state index contributed by atoms with van der Waals surface area (Å²) in [6, 6.07) is 9.66. The number of fused-ring (bicyclic) bond motifs is 1. The van der Waals surface area contributed by atoms with E-state index in [0.29, 0.717) is 13.2 Å². The molecule has 1 aliphatic heterocycles. The minimum Gasteiger partial charge on any atom is -0.488 e. The van der Waals surface area contributed by atoms with E-state index in [0.717, 1.165) is 22.1 Å². The average molecular weight is 263 g/mol. The molecule has 1 aromatic heterocycles. The zero-order chi connectivity index (χ0) is 12.4. The third-order valence-electron chi connectivity index (χ3n) is 2.64. The van der Waals surface area contributed by atoms with E-state index in [-0.39, 0.29) is 6.79 Å². The lowest BCUT2D eigenvalue weighted by molar-refractivity contribution is 0.173. The van der Waals surface area contributed by atoms with Crippen LogP contribution >= 0.6 is 11.3 Å². The van der Waals surface area contributed by atoms with Gasteiger partial charge in [0.15, 0.2) is 11.5 Å². The van der Waals surface area contributed by atoms with Gasteiger partial charge in [-0.05, 0) is 24.3 Å². The summed E-state index contributed by atoms with van der Waals surface area (Å²) in [5.41, 5.74) is 5.57. The molecule has 1 aliphatic rings. The molecule has 0 bridgehead atoms. The van der Waals surface area contributed by atoms with Gasteiger partial charge in [0.1, 0.15) is 12.4 Å². The third kappa shape index (κ3) is 2.27. The molecule has 18 heavy (non-hydrogen) atoms. The summed E-state index contributed by atoms with van der Waals surface area (Å²) < 4.78 is 16.3. The first kappa shape index (κ1) is 11.4. The Bertz CT molecular complexity index is 553. The van der Waals surface area contributed by atoms with Crippen LogP contribution < -0.4 is 19.9 Å². The van der Waals surface area contributed by atoms with E-state index < -0.39 is 0 Å². The van der Waals surface area contributed by atoms with E-state index in [1.165, 1.54) is 4.88 Å². The standard InChI is InChI=1S/C13H13NO3S/c14-6-10-2-3-11(18-10)7-15-9-1-4-12-13(5-9)17-8-16-12/h1-5H,6-8,14H2. The van der Waals surface area contributed by atoms with Crippen molar-refractivity contribution in [2.24, 2.45) is 5.73 Å². The maximum Gasteiger partial charge on any atom is 0.231 e. The molecule has 0 radical (unpaired) electrons. The molecule has 2 heterocycles. The molecule has 2 N–H and O–H groups in total. The summed E-state index contributed by atoms with van der Waals surface area (Å²) in [5, 5.41) is 0. The molecule has 0 saturated carbocycles. The quantitative estimate of drug-likeness (QED) is 0.921. The smallest absolute Gasteiger partial charge is 0.231 e. The van der Waals surface area contributed by atoms with E-state index in [9.17, 15) is 0 Å². The van der Waals surface area contributed by atoms with Crippen LogP contribution in [0.3, 0.4) is 0 Å². The second-order valence-corrected chi connectivity index (χ2v) is 5.13. The highest BCUT2D eigenvalue weighted by Crippen LogP contribution is 2.35. The molecule has 1 aromatic carbocycles. The number of hydrogen-bond donors (Lipinski definition) is 1. The average Bonchev–Trinajstić information content (AvgIpc) is 3.04. The zero-order valence-corrected chi connectivity index (χ0v) is 10.5. The molecule has 0 unspecified atom stereocenters. The lowest BCUT2D eigenvalue weighted by atomic mass is 10.3. The fourth-order valence-corrected chi connectivity index (χ4v) is 2.54. The van der Waals surface area contributed by atoms with E-state index in [4.69, 9.17) is 19.9 Å². The molecule has 2 aromatic rings. The van der Waals surface area contributed by atoms with Gasteiger partial charge in [0.2, 0.25) is 6.79 Å². The minimum atomic E-state index is 0.281. The van der Waals surface area contributed by atoms with Crippen molar-refractivity contribution in [3.8, 4) is 17.2 Å². The van der Waals surface area contributed by atoms with Crippen LogP contribution in [0, 0.1) is 0 Å². The molecule has 4 nitrogen and oxygen atoms in total. The Morgan fingerprint density at radius 3 is 2.78 bits per heavy atom. The van der Waals surface area contributed by atoms with E-state index in [2.05, 4.69) is 0 Å². The molecule has 0 fully saturated rings. The molecule has 0 atom stereocenters. The Morgan fingerprint density at radius 1 is 1.11 bits per heavy atom. The lowest BCUT2D eigenvalue weighted by Gasteiger charge is -2.05. The second kappa shape index (κ2) is 4.88. The first-order valence-electron chi connectivity index (χ1n) is 5.65. The maximum absolute atomic E-state index is 5.71. The predicted molar refractivity (Wildman–Crippen MR) is 69.1 cm³/mol. The third-order valence-corrected chi connectivity index (χ3v) is 3.72. The van der Waals surface area contributed by atoms with E-state index in [1.807, 2.05) is 30.3 Å². The van der Waals surface area contributed by atoms with Gasteiger partial charge in [0.25, 0.3) is 0 Å². The summed E-state index contributed by atoms with van der Waals surface area (Å²) in [6.07, 6.45) is 0. The van der Waals surface area contributed by atoms with Gasteiger partial charge in [0.05, 0.1) is 0 Å². The van der Waals surface area contributed by atoms with Crippen molar-refractivity contribution in [2.75, 3.05) is 6.79 Å². The van der Waals surface area contributed by atoms with Gasteiger partial charge in [-0.2, -0.15) is 0 Å². The number of rotatable bonds is 4. The van der Waals surface area contributed by atoms with Crippen molar-refractivity contribution >= 4 is 11.3 Å². The number of ether oxygens (including phenoxy) is 3. The highest BCUT2D eigenvalue weighted by molar-refractivity contribution is 7.11. The van der Waals surface area contributed by atoms with Gasteiger partial charge in [-0.15, -0.1) is 11.3 Å². The molecule has 5 heteroatoms. The summed E-state index contributed by atoms with van der Waals surface area (Å²) >= 11 is 1.67. The summed E-state index contributed by atoms with van der Waals surface area (Å²) in [7, 11) is 0. The van der Waals surface area contributed by atoms with Crippen molar-refractivity contribution in [3.05, 3.63) is 40.1 Å². The van der Waals surface area contributed by atoms with Gasteiger partial charge in [-0.3, -0.25) is 0 Å². The monoisotopic (exact) mass is 263 g/mol. The van der Waals surface area contributed by atoms with Gasteiger partial charge in [-0.25, -0.2) is 0 Å². The second-order valence-electron chi connectivity index (χ2n) is 3.88. The summed E-state index contributed by atoms with van der Waals surface area (Å²) in [5.74, 6) is 2.28. The largest absolute Gasteiger partial charge is 0.488 e. The number of hydrogen-bond acceptors (Lipinski definition) is 5. The van der Waals surface area contributed by atoms with Crippen LogP contribution in [0.2, 0.25) is 0 Å². The number of nitrogens with two attached hydrogens (primary N) is 1. The van der Waals surface area contributed by atoms with Crippen LogP contribution in [-0.4, -0.2) is 6.79 Å². The number of thiophene rings is 1. The fourth-order valence-electron chi connectivity index (χ4n) is 1.73. The van der Waals surface area contributed by atoms with Gasteiger partial charge in [-0.1, -0.05) is 0 Å². The zero-order valence-electron chi connectivity index (χ0n) is 9.72. The molecule has 0 spiro atoms. The van der Waals surface area contributed by atoms with Gasteiger partial charge >= 0.3 is 0 Å². The Morgan fingerprint density at radius 2 is 1.94 bits per heavy atom. The normalized spacial score (nSPS) is 12.7. The molecule has 0 aliphatic carbocycles. The van der Waals surface area contributed by atoms with Crippen molar-refractivity contribution < 1.29 is 14.2 Å². The summed E-state index contributed by atoms with van der Waals surface area (Å²) in [4.78, 5) is 2.33. The van der Waals surface area contributed by atoms with Gasteiger partial charge < -0.3 is 19.9 Å². The minimum absolute atomic E-state index is 0.281. The Labute approximate surface area is 109 Å². The Kier molecular flexibility index (Phi) is 3.08.